The van der Waals surface area contributed by atoms with E-state index >= 15 is 0 Å². The first-order chi connectivity index (χ1) is 11.5. The minimum Gasteiger partial charge on any atom is -0.339 e. The summed E-state index contributed by atoms with van der Waals surface area (Å²) >= 11 is 3.41. The molecule has 1 aliphatic rings. The molecule has 0 radical (unpaired) electrons. The van der Waals surface area contributed by atoms with Crippen LogP contribution < -0.4 is 0 Å². The molecule has 0 bridgehead atoms. The first-order valence-electron chi connectivity index (χ1n) is 8.22. The number of hydrogen-bond donors (Lipinski definition) is 0. The van der Waals surface area contributed by atoms with Crippen molar-refractivity contribution in [2.24, 2.45) is 0 Å². The van der Waals surface area contributed by atoms with E-state index in [0.717, 1.165) is 42.9 Å². The average molecular weight is 391 g/mol. The highest BCUT2D eigenvalue weighted by atomic mass is 79.9. The molecule has 1 fully saturated rings. The van der Waals surface area contributed by atoms with Crippen LogP contribution in [0.25, 0.3) is 0 Å². The molecule has 2 aromatic rings. The molecule has 0 spiro atoms. The van der Waals surface area contributed by atoms with Gasteiger partial charge in [0.1, 0.15) is 0 Å². The van der Waals surface area contributed by atoms with Gasteiger partial charge in [-0.15, -0.1) is 0 Å². The summed E-state index contributed by atoms with van der Waals surface area (Å²) in [5.41, 5.74) is 0.579. The summed E-state index contributed by atoms with van der Waals surface area (Å²) in [4.78, 5) is 17.3. The molecule has 1 amide bonds. The Balaban J connectivity index is 1.59. The van der Waals surface area contributed by atoms with Gasteiger partial charge in [-0.3, -0.25) is 14.4 Å². The number of piperazine rings is 1. The molecule has 128 valence electrons. The minimum atomic E-state index is -0.490. The lowest BCUT2D eigenvalue weighted by Crippen LogP contribution is -2.53. The molecule has 5 nitrogen and oxygen atoms in total. The number of carbonyl (C=O) groups is 1. The van der Waals surface area contributed by atoms with Gasteiger partial charge in [0.2, 0.25) is 5.91 Å². The van der Waals surface area contributed by atoms with Gasteiger partial charge in [0.25, 0.3) is 0 Å². The largest absolute Gasteiger partial charge is 0.339 e. The van der Waals surface area contributed by atoms with E-state index in [4.69, 9.17) is 0 Å². The van der Waals surface area contributed by atoms with Crippen LogP contribution >= 0.6 is 15.9 Å². The van der Waals surface area contributed by atoms with E-state index in [1.165, 1.54) is 0 Å². The standard InChI is InChI=1S/C18H23BrN4O/c1-18(2,15-6-4-3-5-7-15)17(24)22-10-8-21(9-11-22)14-23-13-16(19)12-20-23/h3-7,12-13H,8-11,14H2,1-2H3. The predicted octanol–water partition coefficient (Wildman–Crippen LogP) is 2.73. The Bertz CT molecular complexity index is 690. The van der Waals surface area contributed by atoms with Crippen molar-refractivity contribution >= 4 is 21.8 Å². The Morgan fingerprint density at radius 1 is 1.17 bits per heavy atom. The van der Waals surface area contributed by atoms with Gasteiger partial charge in [0.15, 0.2) is 0 Å². The second-order valence-corrected chi connectivity index (χ2v) is 7.66. The van der Waals surface area contributed by atoms with Crippen molar-refractivity contribution in [2.75, 3.05) is 26.2 Å². The van der Waals surface area contributed by atoms with Crippen LogP contribution in [-0.2, 0) is 16.9 Å². The van der Waals surface area contributed by atoms with Crippen molar-refractivity contribution in [3.63, 3.8) is 0 Å². The van der Waals surface area contributed by atoms with Crippen LogP contribution in [0.5, 0.6) is 0 Å². The summed E-state index contributed by atoms with van der Waals surface area (Å²) < 4.78 is 2.90. The fraction of sp³-hybridized carbons (Fsp3) is 0.444. The zero-order chi connectivity index (χ0) is 17.2. The van der Waals surface area contributed by atoms with Crippen molar-refractivity contribution in [3.05, 3.63) is 52.8 Å². The lowest BCUT2D eigenvalue weighted by atomic mass is 9.83. The molecule has 0 aliphatic carbocycles. The molecule has 6 heteroatoms. The molecule has 1 aromatic heterocycles. The number of nitrogens with zero attached hydrogens (tertiary/aromatic N) is 4. The Kier molecular flexibility index (Phi) is 5.06. The molecule has 24 heavy (non-hydrogen) atoms. The van der Waals surface area contributed by atoms with Crippen LogP contribution in [0.3, 0.4) is 0 Å². The highest BCUT2D eigenvalue weighted by Gasteiger charge is 2.34. The molecular formula is C18H23BrN4O. The van der Waals surface area contributed by atoms with Gasteiger partial charge >= 0.3 is 0 Å². The zero-order valence-electron chi connectivity index (χ0n) is 14.2. The normalized spacial score (nSPS) is 16.4. The van der Waals surface area contributed by atoms with Crippen molar-refractivity contribution in [1.82, 2.24) is 19.6 Å². The number of benzene rings is 1. The number of halogens is 1. The SMILES string of the molecule is CC(C)(C(=O)N1CCN(Cn2cc(Br)cn2)CC1)c1ccccc1. The third-order valence-electron chi connectivity index (χ3n) is 4.64. The van der Waals surface area contributed by atoms with E-state index in [2.05, 4.69) is 25.9 Å². The van der Waals surface area contributed by atoms with Crippen LogP contribution in [0, 0.1) is 0 Å². The van der Waals surface area contributed by atoms with Gasteiger partial charge in [0.05, 0.1) is 22.8 Å². The second-order valence-electron chi connectivity index (χ2n) is 6.74. The topological polar surface area (TPSA) is 41.4 Å². The van der Waals surface area contributed by atoms with Gasteiger partial charge in [-0.2, -0.15) is 5.10 Å². The molecule has 1 saturated heterocycles. The summed E-state index contributed by atoms with van der Waals surface area (Å²) in [5, 5.41) is 4.29. The maximum absolute atomic E-state index is 13.0. The molecular weight excluding hydrogens is 368 g/mol. The van der Waals surface area contributed by atoms with Crippen LogP contribution in [-0.4, -0.2) is 51.7 Å². The van der Waals surface area contributed by atoms with E-state index in [0.29, 0.717) is 0 Å². The summed E-state index contributed by atoms with van der Waals surface area (Å²) in [6, 6.07) is 10.0. The quantitative estimate of drug-likeness (QED) is 0.805. The highest BCUT2D eigenvalue weighted by Crippen LogP contribution is 2.26. The van der Waals surface area contributed by atoms with E-state index < -0.39 is 5.41 Å². The average Bonchev–Trinajstić information content (AvgIpc) is 3.00. The van der Waals surface area contributed by atoms with Gasteiger partial charge in [-0.25, -0.2) is 0 Å². The van der Waals surface area contributed by atoms with Crippen molar-refractivity contribution in [3.8, 4) is 0 Å². The summed E-state index contributed by atoms with van der Waals surface area (Å²) in [7, 11) is 0. The van der Waals surface area contributed by atoms with Crippen LogP contribution in [0.1, 0.15) is 19.4 Å². The van der Waals surface area contributed by atoms with Crippen LogP contribution in [0.4, 0.5) is 0 Å². The first-order valence-corrected chi connectivity index (χ1v) is 9.01. The van der Waals surface area contributed by atoms with Gasteiger partial charge in [-0.05, 0) is 35.3 Å². The zero-order valence-corrected chi connectivity index (χ0v) is 15.7. The molecule has 0 atom stereocenters. The number of hydrogen-bond acceptors (Lipinski definition) is 3. The molecule has 3 rings (SSSR count). The van der Waals surface area contributed by atoms with E-state index in [9.17, 15) is 4.79 Å². The molecule has 0 saturated carbocycles. The van der Waals surface area contributed by atoms with Crippen molar-refractivity contribution in [2.45, 2.75) is 25.9 Å². The number of amides is 1. The fourth-order valence-electron chi connectivity index (χ4n) is 3.09. The smallest absolute Gasteiger partial charge is 0.232 e. The lowest BCUT2D eigenvalue weighted by molar-refractivity contribution is -0.138. The number of carbonyl (C=O) groups excluding carboxylic acids is 1. The summed E-state index contributed by atoms with van der Waals surface area (Å²) in [6.45, 7) is 8.05. The molecule has 0 unspecified atom stereocenters. The maximum Gasteiger partial charge on any atom is 0.232 e. The third-order valence-corrected chi connectivity index (χ3v) is 5.05. The number of aromatic nitrogens is 2. The molecule has 1 aliphatic heterocycles. The Labute approximate surface area is 151 Å². The van der Waals surface area contributed by atoms with E-state index in [1.807, 2.05) is 60.0 Å². The first kappa shape index (κ1) is 17.2. The lowest BCUT2D eigenvalue weighted by Gasteiger charge is -2.38. The van der Waals surface area contributed by atoms with Gasteiger partial charge < -0.3 is 4.90 Å². The van der Waals surface area contributed by atoms with Crippen LogP contribution in [0.2, 0.25) is 0 Å². The molecule has 1 aromatic carbocycles. The summed E-state index contributed by atoms with van der Waals surface area (Å²) in [6.07, 6.45) is 3.76. The number of rotatable bonds is 4. The Hall–Kier alpha value is -1.66. The van der Waals surface area contributed by atoms with Crippen molar-refractivity contribution in [1.29, 1.82) is 0 Å². The molecule has 0 N–H and O–H groups in total. The van der Waals surface area contributed by atoms with Gasteiger partial charge in [0, 0.05) is 32.4 Å². The Morgan fingerprint density at radius 2 is 1.83 bits per heavy atom. The minimum absolute atomic E-state index is 0.204. The summed E-state index contributed by atoms with van der Waals surface area (Å²) in [5.74, 6) is 0.204. The monoisotopic (exact) mass is 390 g/mol. The van der Waals surface area contributed by atoms with E-state index in [1.54, 1.807) is 6.20 Å². The Morgan fingerprint density at radius 3 is 2.42 bits per heavy atom. The van der Waals surface area contributed by atoms with E-state index in [-0.39, 0.29) is 5.91 Å². The fourth-order valence-corrected chi connectivity index (χ4v) is 3.41. The third kappa shape index (κ3) is 3.70. The highest BCUT2D eigenvalue weighted by molar-refractivity contribution is 9.10. The predicted molar refractivity (Wildman–Crippen MR) is 97.5 cm³/mol. The van der Waals surface area contributed by atoms with Crippen molar-refractivity contribution < 1.29 is 4.79 Å². The second kappa shape index (κ2) is 7.07. The van der Waals surface area contributed by atoms with Gasteiger partial charge in [-0.1, -0.05) is 30.3 Å². The van der Waals surface area contributed by atoms with Crippen LogP contribution in [0.15, 0.2) is 47.2 Å². The maximum atomic E-state index is 13.0. The molecule has 2 heterocycles.